The number of rotatable bonds is 4. The standard InChI is InChI=1S/C33H39NO4/c1-9-33(34-29(36)21-16-14-20(2)15-17-21)27(23-12-10-11-13-26(23)38-30(33)37)22-18-24(31(3,4)5)28(35)25(19-22)32(6,7)8/h10-19,27,35H,9H2,1-8H3,(H,34,36)/t27-,33+/m0/s1. The molecule has 1 amide bonds. The lowest BCUT2D eigenvalue weighted by atomic mass is 9.68. The molecular weight excluding hydrogens is 474 g/mol. The molecule has 0 bridgehead atoms. The second kappa shape index (κ2) is 9.61. The van der Waals surface area contributed by atoms with E-state index in [2.05, 4.69) is 46.9 Å². The minimum atomic E-state index is -1.35. The zero-order valence-corrected chi connectivity index (χ0v) is 23.7. The Hall–Kier alpha value is -3.60. The van der Waals surface area contributed by atoms with Crippen LogP contribution in [0.3, 0.4) is 0 Å². The Kier molecular flexibility index (Phi) is 6.94. The number of para-hydroxylation sites is 1. The fourth-order valence-corrected chi connectivity index (χ4v) is 5.36. The molecule has 0 radical (unpaired) electrons. The topological polar surface area (TPSA) is 75.6 Å². The second-order valence-electron chi connectivity index (χ2n) is 12.5. The van der Waals surface area contributed by atoms with Gasteiger partial charge in [-0.1, -0.05) is 96.5 Å². The highest BCUT2D eigenvalue weighted by Crippen LogP contribution is 2.49. The molecule has 38 heavy (non-hydrogen) atoms. The number of hydrogen-bond acceptors (Lipinski definition) is 4. The van der Waals surface area contributed by atoms with E-state index in [9.17, 15) is 14.7 Å². The van der Waals surface area contributed by atoms with Crippen LogP contribution >= 0.6 is 0 Å². The Balaban J connectivity index is 2.00. The molecule has 2 atom stereocenters. The van der Waals surface area contributed by atoms with Crippen LogP contribution in [0.4, 0.5) is 0 Å². The number of amides is 1. The molecule has 0 aromatic heterocycles. The van der Waals surface area contributed by atoms with Gasteiger partial charge in [-0.2, -0.15) is 0 Å². The van der Waals surface area contributed by atoms with Crippen LogP contribution in [-0.2, 0) is 15.6 Å². The molecule has 0 fully saturated rings. The SMILES string of the molecule is CC[C@]1(NC(=O)c2ccc(C)cc2)C(=O)Oc2ccccc2[C@@H]1c1cc(C(C)(C)C)c(O)c(C(C)(C)C)c1. The van der Waals surface area contributed by atoms with Crippen molar-refractivity contribution >= 4 is 11.9 Å². The molecule has 1 aliphatic heterocycles. The summed E-state index contributed by atoms with van der Waals surface area (Å²) in [4.78, 5) is 27.4. The van der Waals surface area contributed by atoms with Crippen molar-refractivity contribution in [2.75, 3.05) is 0 Å². The van der Waals surface area contributed by atoms with Crippen molar-refractivity contribution in [3.63, 3.8) is 0 Å². The quantitative estimate of drug-likeness (QED) is 0.293. The van der Waals surface area contributed by atoms with Gasteiger partial charge in [-0.05, 0) is 59.1 Å². The summed E-state index contributed by atoms with van der Waals surface area (Å²) < 4.78 is 5.86. The van der Waals surface area contributed by atoms with Crippen LogP contribution < -0.4 is 10.1 Å². The van der Waals surface area contributed by atoms with Gasteiger partial charge < -0.3 is 15.2 Å². The molecule has 2 N–H and O–H groups in total. The summed E-state index contributed by atoms with van der Waals surface area (Å²) in [6.07, 6.45) is 0.318. The average Bonchev–Trinajstić information content (AvgIpc) is 2.83. The number of aryl methyl sites for hydroxylation is 1. The summed E-state index contributed by atoms with van der Waals surface area (Å²) in [6, 6.07) is 18.8. The van der Waals surface area contributed by atoms with Gasteiger partial charge in [0, 0.05) is 17.0 Å². The first-order chi connectivity index (χ1) is 17.7. The average molecular weight is 514 g/mol. The molecule has 0 saturated heterocycles. The maximum Gasteiger partial charge on any atom is 0.338 e. The number of hydrogen-bond donors (Lipinski definition) is 2. The summed E-state index contributed by atoms with van der Waals surface area (Å²) in [5, 5.41) is 14.5. The lowest BCUT2D eigenvalue weighted by Gasteiger charge is -2.43. The number of ether oxygens (including phenoxy) is 1. The van der Waals surface area contributed by atoms with Gasteiger partial charge in [-0.3, -0.25) is 4.79 Å². The van der Waals surface area contributed by atoms with E-state index in [1.54, 1.807) is 18.2 Å². The molecule has 1 heterocycles. The number of benzene rings is 3. The van der Waals surface area contributed by atoms with E-state index in [1.165, 1.54) is 0 Å². The molecule has 0 spiro atoms. The van der Waals surface area contributed by atoms with E-state index < -0.39 is 17.4 Å². The van der Waals surface area contributed by atoms with Gasteiger partial charge in [-0.15, -0.1) is 0 Å². The molecular formula is C33H39NO4. The lowest BCUT2D eigenvalue weighted by molar-refractivity contribution is -0.144. The molecule has 0 saturated carbocycles. The number of phenols is 1. The molecule has 1 aliphatic rings. The third kappa shape index (κ3) is 4.82. The molecule has 5 heteroatoms. The van der Waals surface area contributed by atoms with Gasteiger partial charge in [0.1, 0.15) is 17.0 Å². The van der Waals surface area contributed by atoms with Gasteiger partial charge in [-0.25, -0.2) is 4.79 Å². The first-order valence-corrected chi connectivity index (χ1v) is 13.3. The Labute approximate surface area is 226 Å². The third-order valence-corrected chi connectivity index (χ3v) is 7.58. The van der Waals surface area contributed by atoms with E-state index in [-0.39, 0.29) is 22.5 Å². The van der Waals surface area contributed by atoms with E-state index in [4.69, 9.17) is 4.74 Å². The van der Waals surface area contributed by atoms with Crippen LogP contribution in [0.2, 0.25) is 0 Å². The number of carbonyl (C=O) groups excluding carboxylic acids is 2. The zero-order chi connectivity index (χ0) is 28.0. The number of fused-ring (bicyclic) bond motifs is 1. The van der Waals surface area contributed by atoms with Crippen LogP contribution in [0.15, 0.2) is 60.7 Å². The van der Waals surface area contributed by atoms with E-state index in [0.29, 0.717) is 17.7 Å². The Bertz CT molecular complexity index is 1340. The molecule has 200 valence electrons. The van der Waals surface area contributed by atoms with E-state index >= 15 is 0 Å². The number of esters is 1. The largest absolute Gasteiger partial charge is 0.507 e. The molecule has 5 nitrogen and oxygen atoms in total. The smallest absolute Gasteiger partial charge is 0.338 e. The highest BCUT2D eigenvalue weighted by molar-refractivity contribution is 6.00. The third-order valence-electron chi connectivity index (χ3n) is 7.58. The molecule has 4 rings (SSSR count). The van der Waals surface area contributed by atoms with Crippen LogP contribution in [0.5, 0.6) is 11.5 Å². The van der Waals surface area contributed by atoms with Gasteiger partial charge in [0.25, 0.3) is 5.91 Å². The van der Waals surface area contributed by atoms with Crippen LogP contribution in [-0.4, -0.2) is 22.5 Å². The fourth-order valence-electron chi connectivity index (χ4n) is 5.36. The lowest BCUT2D eigenvalue weighted by Crippen LogP contribution is -2.61. The van der Waals surface area contributed by atoms with Crippen molar-refractivity contribution in [2.24, 2.45) is 0 Å². The molecule has 3 aromatic rings. The van der Waals surface area contributed by atoms with Crippen molar-refractivity contribution < 1.29 is 19.4 Å². The number of nitrogens with one attached hydrogen (secondary N) is 1. The zero-order valence-electron chi connectivity index (χ0n) is 23.7. The second-order valence-corrected chi connectivity index (χ2v) is 12.5. The van der Waals surface area contributed by atoms with Gasteiger partial charge in [0.2, 0.25) is 0 Å². The van der Waals surface area contributed by atoms with Crippen molar-refractivity contribution in [1.82, 2.24) is 5.32 Å². The summed E-state index contributed by atoms with van der Waals surface area (Å²) in [5.74, 6) is -0.599. The van der Waals surface area contributed by atoms with Gasteiger partial charge >= 0.3 is 5.97 Å². The van der Waals surface area contributed by atoms with Gasteiger partial charge in [0.15, 0.2) is 0 Å². The normalized spacial score (nSPS) is 19.5. The minimum Gasteiger partial charge on any atom is -0.507 e. The Morgan fingerprint density at radius 2 is 1.50 bits per heavy atom. The fraction of sp³-hybridized carbons (Fsp3) is 0.394. The van der Waals surface area contributed by atoms with Crippen molar-refractivity contribution in [3.8, 4) is 11.5 Å². The molecule has 0 unspecified atom stereocenters. The van der Waals surface area contributed by atoms with E-state index in [0.717, 1.165) is 27.8 Å². The Morgan fingerprint density at radius 3 is 2.03 bits per heavy atom. The van der Waals surface area contributed by atoms with Crippen molar-refractivity contribution in [1.29, 1.82) is 0 Å². The number of carbonyl (C=O) groups is 2. The Morgan fingerprint density at radius 1 is 0.947 bits per heavy atom. The monoisotopic (exact) mass is 513 g/mol. The number of aromatic hydroxyl groups is 1. The van der Waals surface area contributed by atoms with Crippen LogP contribution in [0.25, 0.3) is 0 Å². The summed E-state index contributed by atoms with van der Waals surface area (Å²) in [6.45, 7) is 16.2. The highest BCUT2D eigenvalue weighted by Gasteiger charge is 2.53. The molecule has 3 aromatic carbocycles. The van der Waals surface area contributed by atoms with E-state index in [1.807, 2.05) is 56.3 Å². The first kappa shape index (κ1) is 27.4. The van der Waals surface area contributed by atoms with Crippen molar-refractivity contribution in [3.05, 3.63) is 94.0 Å². The predicted octanol–water partition coefficient (Wildman–Crippen LogP) is 6.93. The molecule has 0 aliphatic carbocycles. The first-order valence-electron chi connectivity index (χ1n) is 13.3. The maximum atomic E-state index is 13.9. The van der Waals surface area contributed by atoms with Gasteiger partial charge in [0.05, 0.1) is 0 Å². The van der Waals surface area contributed by atoms with Crippen LogP contribution in [0.1, 0.15) is 99.0 Å². The van der Waals surface area contributed by atoms with Crippen LogP contribution in [0, 0.1) is 6.92 Å². The summed E-state index contributed by atoms with van der Waals surface area (Å²) in [7, 11) is 0. The highest BCUT2D eigenvalue weighted by atomic mass is 16.5. The predicted molar refractivity (Wildman–Crippen MR) is 151 cm³/mol. The van der Waals surface area contributed by atoms with Crippen molar-refractivity contribution in [2.45, 2.75) is 84.1 Å². The number of phenolic OH excluding ortho intramolecular Hbond substituents is 1. The minimum absolute atomic E-state index is 0.270. The summed E-state index contributed by atoms with van der Waals surface area (Å²) >= 11 is 0. The summed E-state index contributed by atoms with van der Waals surface area (Å²) in [5.41, 5.74) is 2.74. The maximum absolute atomic E-state index is 13.9.